The lowest BCUT2D eigenvalue weighted by Crippen LogP contribution is -2.35. The normalized spacial score (nSPS) is 13.3. The molecule has 1 fully saturated rings. The lowest BCUT2D eigenvalue weighted by Gasteiger charge is -2.34. The minimum absolute atomic E-state index is 0.0820. The number of hydrogen-bond acceptors (Lipinski definition) is 8. The Morgan fingerprint density at radius 3 is 2.46 bits per heavy atom. The van der Waals surface area contributed by atoms with Crippen LogP contribution in [0.3, 0.4) is 0 Å². The van der Waals surface area contributed by atoms with E-state index in [-0.39, 0.29) is 11.3 Å². The molecule has 1 saturated heterocycles. The number of aromatic nitrogens is 1. The van der Waals surface area contributed by atoms with Gasteiger partial charge in [0.2, 0.25) is 0 Å². The molecule has 10 heteroatoms. The quantitative estimate of drug-likeness (QED) is 0.112. The summed E-state index contributed by atoms with van der Waals surface area (Å²) >= 11 is 0. The van der Waals surface area contributed by atoms with Crippen LogP contribution in [0, 0.1) is 34.4 Å². The number of methoxy groups -OCH3 is 1. The molecule has 2 heterocycles. The second kappa shape index (κ2) is 14.4. The van der Waals surface area contributed by atoms with Crippen molar-refractivity contribution in [3.8, 4) is 45.9 Å². The first-order valence-electron chi connectivity index (χ1n) is 14.8. The second-order valence-corrected chi connectivity index (χ2v) is 11.1. The van der Waals surface area contributed by atoms with Crippen molar-refractivity contribution in [2.45, 2.75) is 25.7 Å². The number of phenols is 1. The van der Waals surface area contributed by atoms with E-state index in [2.05, 4.69) is 11.0 Å². The van der Waals surface area contributed by atoms with Crippen LogP contribution in [0.2, 0.25) is 0 Å². The molecule has 9 nitrogen and oxygen atoms in total. The summed E-state index contributed by atoms with van der Waals surface area (Å²) in [6, 6.07) is 21.2. The molecule has 46 heavy (non-hydrogen) atoms. The van der Waals surface area contributed by atoms with Gasteiger partial charge in [0.15, 0.2) is 11.5 Å². The van der Waals surface area contributed by atoms with E-state index in [0.717, 1.165) is 31.2 Å². The smallest absolute Gasteiger partial charge is 0.267 e. The first-order valence-corrected chi connectivity index (χ1v) is 14.8. The highest BCUT2D eigenvalue weighted by atomic mass is 19.1. The topological polar surface area (TPSA) is 142 Å². The number of ether oxygens (including phenoxy) is 1. The molecule has 1 aromatic heterocycles. The number of rotatable bonds is 9. The van der Waals surface area contributed by atoms with Crippen LogP contribution in [0.25, 0.3) is 28.3 Å². The molecule has 0 spiro atoms. The molecular weight excluding hydrogens is 585 g/mol. The van der Waals surface area contributed by atoms with Crippen molar-refractivity contribution >= 4 is 17.8 Å². The van der Waals surface area contributed by atoms with Gasteiger partial charge < -0.3 is 14.7 Å². The Morgan fingerprint density at radius 2 is 1.83 bits per heavy atom. The Labute approximate surface area is 266 Å². The van der Waals surface area contributed by atoms with Crippen molar-refractivity contribution in [2.75, 3.05) is 25.1 Å². The van der Waals surface area contributed by atoms with Crippen LogP contribution in [0.1, 0.15) is 41.5 Å². The third-order valence-corrected chi connectivity index (χ3v) is 8.31. The van der Waals surface area contributed by atoms with Gasteiger partial charge >= 0.3 is 0 Å². The van der Waals surface area contributed by atoms with Crippen molar-refractivity contribution in [3.63, 3.8) is 0 Å². The molecule has 0 radical (unpaired) electrons. The zero-order valence-corrected chi connectivity index (χ0v) is 25.2. The van der Waals surface area contributed by atoms with Gasteiger partial charge in [-0.05, 0) is 84.2 Å². The SMILES string of the molecule is COc1ccc(-c2cnc(N3CCC(CCc4ccc(/C=C/C(=O)NO)cc4)CC3)c(C#N)c2-c2ccc(C#N)c(F)c2)cc1O. The van der Waals surface area contributed by atoms with Crippen LogP contribution >= 0.6 is 0 Å². The van der Waals surface area contributed by atoms with Gasteiger partial charge in [0.05, 0.1) is 12.7 Å². The number of halogens is 1. The fourth-order valence-electron chi connectivity index (χ4n) is 5.79. The summed E-state index contributed by atoms with van der Waals surface area (Å²) in [7, 11) is 1.45. The van der Waals surface area contributed by atoms with E-state index in [1.165, 1.54) is 36.9 Å². The number of phenolic OH excluding ortho intramolecular Hbond substituents is 1. The molecule has 5 rings (SSSR count). The van der Waals surface area contributed by atoms with E-state index >= 15 is 0 Å². The predicted molar refractivity (Wildman–Crippen MR) is 171 cm³/mol. The molecule has 1 aliphatic rings. The number of nitriles is 2. The fourth-order valence-corrected chi connectivity index (χ4v) is 5.79. The minimum Gasteiger partial charge on any atom is -0.504 e. The van der Waals surface area contributed by atoms with E-state index < -0.39 is 11.7 Å². The minimum atomic E-state index is -0.688. The molecule has 1 amide bonds. The average Bonchev–Trinajstić information content (AvgIpc) is 3.09. The summed E-state index contributed by atoms with van der Waals surface area (Å²) in [6.07, 6.45) is 8.28. The standard InChI is InChI=1S/C36H32FN5O4/c1-46-33-12-11-26(19-32(33)43)30-22-40-36(29(21-39)35(30)27-9-10-28(20-38)31(37)18-27)42-16-14-25(15-17-42)7-6-23-2-4-24(5-3-23)8-13-34(44)41-45/h2-5,8-13,18-19,22,25,43,45H,6-7,14-17H2,1H3,(H,41,44)/b13-8+. The van der Waals surface area contributed by atoms with Gasteiger partial charge in [0.1, 0.15) is 29.3 Å². The monoisotopic (exact) mass is 617 g/mol. The maximum atomic E-state index is 14.8. The zero-order valence-electron chi connectivity index (χ0n) is 25.2. The van der Waals surface area contributed by atoms with Crippen LogP contribution in [0.5, 0.6) is 11.5 Å². The first kappa shape index (κ1) is 31.7. The molecule has 0 saturated carbocycles. The lowest BCUT2D eigenvalue weighted by atomic mass is 9.89. The van der Waals surface area contributed by atoms with Gasteiger partial charge in [-0.1, -0.05) is 36.4 Å². The molecule has 0 unspecified atom stereocenters. The van der Waals surface area contributed by atoms with E-state index in [9.17, 15) is 24.8 Å². The Hall–Kier alpha value is -5.71. The molecule has 4 aromatic rings. The third kappa shape index (κ3) is 6.99. The molecule has 1 aliphatic heterocycles. The maximum Gasteiger partial charge on any atom is 0.267 e. The van der Waals surface area contributed by atoms with Crippen LogP contribution in [-0.2, 0) is 11.2 Å². The van der Waals surface area contributed by atoms with Crippen LogP contribution in [-0.4, -0.2) is 41.4 Å². The molecule has 3 N–H and O–H groups in total. The highest BCUT2D eigenvalue weighted by Gasteiger charge is 2.26. The average molecular weight is 618 g/mol. The van der Waals surface area contributed by atoms with Crippen molar-refractivity contribution in [1.29, 1.82) is 10.5 Å². The Balaban J connectivity index is 1.36. The van der Waals surface area contributed by atoms with Crippen LogP contribution < -0.4 is 15.1 Å². The van der Waals surface area contributed by atoms with Gasteiger partial charge in [0.25, 0.3) is 5.91 Å². The highest BCUT2D eigenvalue weighted by molar-refractivity contribution is 5.91. The number of pyridine rings is 1. The zero-order chi connectivity index (χ0) is 32.6. The number of amides is 1. The van der Waals surface area contributed by atoms with Gasteiger partial charge in [-0.15, -0.1) is 0 Å². The summed E-state index contributed by atoms with van der Waals surface area (Å²) in [4.78, 5) is 18.0. The van der Waals surface area contributed by atoms with Gasteiger partial charge in [-0.25, -0.2) is 14.9 Å². The largest absolute Gasteiger partial charge is 0.504 e. The summed E-state index contributed by atoms with van der Waals surface area (Å²) in [5.74, 6) is -0.0563. The summed E-state index contributed by atoms with van der Waals surface area (Å²) in [5, 5.41) is 38.8. The van der Waals surface area contributed by atoms with Gasteiger partial charge in [-0.2, -0.15) is 10.5 Å². The Morgan fingerprint density at radius 1 is 1.09 bits per heavy atom. The van der Waals surface area contributed by atoms with Gasteiger partial charge in [-0.3, -0.25) is 10.0 Å². The Bertz CT molecular complexity index is 1850. The number of nitrogens with zero attached hydrogens (tertiary/aromatic N) is 4. The van der Waals surface area contributed by atoms with E-state index in [4.69, 9.17) is 14.9 Å². The van der Waals surface area contributed by atoms with Crippen molar-refractivity contribution in [1.82, 2.24) is 10.5 Å². The van der Waals surface area contributed by atoms with Gasteiger partial charge in [0, 0.05) is 36.5 Å². The van der Waals surface area contributed by atoms with E-state index in [1.54, 1.807) is 36.0 Å². The number of anilines is 1. The first-order chi connectivity index (χ1) is 22.3. The molecule has 232 valence electrons. The highest BCUT2D eigenvalue weighted by Crippen LogP contribution is 2.41. The van der Waals surface area contributed by atoms with Crippen LogP contribution in [0.15, 0.2) is 72.9 Å². The number of piperidine rings is 1. The van der Waals surface area contributed by atoms with Crippen molar-refractivity contribution in [2.24, 2.45) is 5.92 Å². The second-order valence-electron chi connectivity index (χ2n) is 11.1. The number of benzene rings is 3. The number of hydrogen-bond donors (Lipinski definition) is 3. The molecule has 0 bridgehead atoms. The Kier molecular flexibility index (Phi) is 9.91. The van der Waals surface area contributed by atoms with Crippen LogP contribution in [0.4, 0.5) is 10.2 Å². The predicted octanol–water partition coefficient (Wildman–Crippen LogP) is 6.38. The fraction of sp³-hybridized carbons (Fsp3) is 0.222. The number of aromatic hydroxyl groups is 1. The number of carbonyl (C=O) groups excluding carboxylic acids is 1. The summed E-state index contributed by atoms with van der Waals surface area (Å²) < 4.78 is 20.0. The molecule has 0 atom stereocenters. The molecular formula is C36H32FN5O4. The number of aryl methyl sites for hydroxylation is 1. The van der Waals surface area contributed by atoms with Crippen molar-refractivity contribution < 1.29 is 24.2 Å². The summed E-state index contributed by atoms with van der Waals surface area (Å²) in [5.41, 5.74) is 5.83. The number of carbonyl (C=O) groups is 1. The van der Waals surface area contributed by atoms with E-state index in [0.29, 0.717) is 58.4 Å². The number of hydroxylamine groups is 1. The summed E-state index contributed by atoms with van der Waals surface area (Å²) in [6.45, 7) is 1.40. The third-order valence-electron chi connectivity index (χ3n) is 8.31. The molecule has 3 aromatic carbocycles. The van der Waals surface area contributed by atoms with E-state index in [1.807, 2.05) is 30.3 Å². The number of nitrogens with one attached hydrogen (secondary N) is 1. The van der Waals surface area contributed by atoms with Crippen molar-refractivity contribution in [3.05, 3.63) is 101 Å². The molecule has 0 aliphatic carbocycles. The maximum absolute atomic E-state index is 14.8. The lowest BCUT2D eigenvalue weighted by molar-refractivity contribution is -0.124.